The Balaban J connectivity index is 1.68. The van der Waals surface area contributed by atoms with Crippen molar-refractivity contribution in [3.05, 3.63) is 34.6 Å². The lowest BCUT2D eigenvalue weighted by Gasteiger charge is -2.33. The molecule has 0 saturated carbocycles. The first-order valence-corrected chi connectivity index (χ1v) is 8.71. The van der Waals surface area contributed by atoms with E-state index in [9.17, 15) is 4.79 Å². The lowest BCUT2D eigenvalue weighted by Crippen LogP contribution is -2.48. The van der Waals surface area contributed by atoms with E-state index in [2.05, 4.69) is 46.2 Å². The smallest absolute Gasteiger partial charge is 0.219 e. The van der Waals surface area contributed by atoms with Gasteiger partial charge in [0, 0.05) is 38.7 Å². The van der Waals surface area contributed by atoms with E-state index >= 15 is 0 Å². The maximum Gasteiger partial charge on any atom is 0.219 e. The summed E-state index contributed by atoms with van der Waals surface area (Å²) in [5.41, 5.74) is 2.35. The number of aromatic nitrogens is 3. The molecular weight excluding hydrogens is 322 g/mol. The van der Waals surface area contributed by atoms with Crippen molar-refractivity contribution in [3.63, 3.8) is 0 Å². The van der Waals surface area contributed by atoms with Crippen LogP contribution in [0.1, 0.15) is 19.4 Å². The van der Waals surface area contributed by atoms with Gasteiger partial charge in [-0.15, -0.1) is 0 Å². The van der Waals surface area contributed by atoms with Gasteiger partial charge in [-0.05, 0) is 24.2 Å². The molecule has 0 spiro atoms. The van der Waals surface area contributed by atoms with Gasteiger partial charge in [0.2, 0.25) is 10.7 Å². The summed E-state index contributed by atoms with van der Waals surface area (Å²) in [5.74, 6) is 0.940. The minimum atomic E-state index is 0.144. The molecule has 3 rings (SSSR count). The highest BCUT2D eigenvalue weighted by molar-refractivity contribution is 7.71. The molecule has 1 aromatic heterocycles. The molecule has 7 heteroatoms. The zero-order chi connectivity index (χ0) is 17.1. The molecule has 0 unspecified atom stereocenters. The fourth-order valence-corrected chi connectivity index (χ4v) is 3.08. The van der Waals surface area contributed by atoms with E-state index in [0.717, 1.165) is 44.0 Å². The quantitative estimate of drug-likeness (QED) is 0.864. The number of carbonyl (C=O) groups excluding carboxylic acids is 1. The Kier molecular flexibility index (Phi) is 5.11. The number of H-pyrrole nitrogens is 1. The molecule has 0 radical (unpaired) electrons. The van der Waals surface area contributed by atoms with Gasteiger partial charge in [0.25, 0.3) is 0 Å². The van der Waals surface area contributed by atoms with Crippen LogP contribution >= 0.6 is 12.2 Å². The number of nitrogens with one attached hydrogen (secondary N) is 1. The Morgan fingerprint density at radius 2 is 1.88 bits per heavy atom. The summed E-state index contributed by atoms with van der Waals surface area (Å²) in [5, 5.41) is 3.30. The molecule has 0 aliphatic carbocycles. The van der Waals surface area contributed by atoms with Gasteiger partial charge >= 0.3 is 0 Å². The molecular formula is C17H23N5OS. The van der Waals surface area contributed by atoms with Crippen molar-refractivity contribution in [3.8, 4) is 11.4 Å². The Bertz CT molecular complexity index is 756. The molecule has 0 atom stereocenters. The third-order valence-electron chi connectivity index (χ3n) is 4.47. The summed E-state index contributed by atoms with van der Waals surface area (Å²) < 4.78 is 2.44. The Morgan fingerprint density at radius 3 is 2.46 bits per heavy atom. The third kappa shape index (κ3) is 3.73. The van der Waals surface area contributed by atoms with Crippen LogP contribution in [-0.2, 0) is 17.9 Å². The number of piperazine rings is 1. The molecule has 128 valence electrons. The number of aromatic amines is 1. The molecule has 0 bridgehead atoms. The number of nitrogens with zero attached hydrogens (tertiary/aromatic N) is 4. The summed E-state index contributed by atoms with van der Waals surface area (Å²) >= 11 is 5.38. The minimum Gasteiger partial charge on any atom is -0.340 e. The maximum atomic E-state index is 11.4. The average molecular weight is 345 g/mol. The standard InChI is InChI=1S/C17H23N5OS/c1-3-14-4-6-15(7-5-14)16-18-17(24)22(19-16)12-20-8-10-21(11-9-20)13(2)23/h4-7H,3,8-12H2,1-2H3,(H,18,19,24). The highest BCUT2D eigenvalue weighted by atomic mass is 32.1. The number of carbonyl (C=O) groups is 1. The first-order chi connectivity index (χ1) is 11.6. The van der Waals surface area contributed by atoms with Crippen molar-refractivity contribution in [2.45, 2.75) is 26.9 Å². The van der Waals surface area contributed by atoms with Crippen molar-refractivity contribution < 1.29 is 4.79 Å². The largest absolute Gasteiger partial charge is 0.340 e. The van der Waals surface area contributed by atoms with Crippen LogP contribution in [0.4, 0.5) is 0 Å². The van der Waals surface area contributed by atoms with Gasteiger partial charge in [-0.1, -0.05) is 31.2 Å². The number of amides is 1. The zero-order valence-corrected chi connectivity index (χ0v) is 15.0. The highest BCUT2D eigenvalue weighted by Gasteiger charge is 2.19. The fraction of sp³-hybridized carbons (Fsp3) is 0.471. The number of hydrogen-bond acceptors (Lipinski definition) is 4. The molecule has 1 saturated heterocycles. The normalized spacial score (nSPS) is 15.7. The van der Waals surface area contributed by atoms with Gasteiger partial charge in [-0.25, -0.2) is 4.68 Å². The topological polar surface area (TPSA) is 57.2 Å². The summed E-state index contributed by atoms with van der Waals surface area (Å²) in [4.78, 5) is 20.0. The summed E-state index contributed by atoms with van der Waals surface area (Å²) in [6, 6.07) is 8.38. The van der Waals surface area contributed by atoms with E-state index in [1.807, 2.05) is 9.58 Å². The predicted octanol–water partition coefficient (Wildman–Crippen LogP) is 2.29. The number of rotatable bonds is 4. The van der Waals surface area contributed by atoms with Crippen LogP contribution in [0.2, 0.25) is 0 Å². The summed E-state index contributed by atoms with van der Waals surface area (Å²) in [6.45, 7) is 7.66. The fourth-order valence-electron chi connectivity index (χ4n) is 2.88. The van der Waals surface area contributed by atoms with E-state index in [-0.39, 0.29) is 5.91 Å². The molecule has 6 nitrogen and oxygen atoms in total. The monoisotopic (exact) mass is 345 g/mol. The van der Waals surface area contributed by atoms with Gasteiger partial charge in [0.05, 0.1) is 6.67 Å². The van der Waals surface area contributed by atoms with Crippen LogP contribution in [0.15, 0.2) is 24.3 Å². The molecule has 2 aromatic rings. The van der Waals surface area contributed by atoms with Crippen LogP contribution in [-0.4, -0.2) is 56.7 Å². The van der Waals surface area contributed by atoms with Crippen LogP contribution in [0, 0.1) is 4.77 Å². The van der Waals surface area contributed by atoms with E-state index in [0.29, 0.717) is 11.4 Å². The van der Waals surface area contributed by atoms with Crippen molar-refractivity contribution >= 4 is 18.1 Å². The second-order valence-corrected chi connectivity index (χ2v) is 6.46. The molecule has 2 heterocycles. The van der Waals surface area contributed by atoms with Gasteiger partial charge in [0.15, 0.2) is 5.82 Å². The van der Waals surface area contributed by atoms with Gasteiger partial charge < -0.3 is 4.90 Å². The Hall–Kier alpha value is -1.99. The molecule has 1 fully saturated rings. The van der Waals surface area contributed by atoms with Gasteiger partial charge in [-0.3, -0.25) is 14.8 Å². The Labute approximate surface area is 147 Å². The van der Waals surface area contributed by atoms with Crippen molar-refractivity contribution in [1.82, 2.24) is 24.6 Å². The summed E-state index contributed by atoms with van der Waals surface area (Å²) in [6.07, 6.45) is 1.02. The average Bonchev–Trinajstić information content (AvgIpc) is 2.96. The van der Waals surface area contributed by atoms with Crippen LogP contribution in [0.3, 0.4) is 0 Å². The van der Waals surface area contributed by atoms with Crippen molar-refractivity contribution in [2.24, 2.45) is 0 Å². The van der Waals surface area contributed by atoms with Crippen LogP contribution in [0.25, 0.3) is 11.4 Å². The minimum absolute atomic E-state index is 0.144. The zero-order valence-electron chi connectivity index (χ0n) is 14.2. The lowest BCUT2D eigenvalue weighted by molar-refractivity contribution is -0.130. The molecule has 1 aliphatic heterocycles. The molecule has 1 aliphatic rings. The van der Waals surface area contributed by atoms with Crippen LogP contribution < -0.4 is 0 Å². The number of hydrogen-bond donors (Lipinski definition) is 1. The van der Waals surface area contributed by atoms with E-state index in [1.54, 1.807) is 6.92 Å². The number of aryl methyl sites for hydroxylation is 1. The number of benzene rings is 1. The SMILES string of the molecule is CCc1ccc(-c2nc(=S)n(CN3CCN(C(C)=O)CC3)[nH]2)cc1. The predicted molar refractivity (Wildman–Crippen MR) is 96.1 cm³/mol. The first kappa shape index (κ1) is 16.9. The molecule has 1 N–H and O–H groups in total. The maximum absolute atomic E-state index is 11.4. The highest BCUT2D eigenvalue weighted by Crippen LogP contribution is 2.16. The van der Waals surface area contributed by atoms with Crippen LogP contribution in [0.5, 0.6) is 0 Å². The van der Waals surface area contributed by atoms with Crippen molar-refractivity contribution in [2.75, 3.05) is 26.2 Å². The second kappa shape index (κ2) is 7.27. The third-order valence-corrected chi connectivity index (χ3v) is 4.79. The summed E-state index contributed by atoms with van der Waals surface area (Å²) in [7, 11) is 0. The second-order valence-electron chi connectivity index (χ2n) is 6.10. The van der Waals surface area contributed by atoms with Crippen molar-refractivity contribution in [1.29, 1.82) is 0 Å². The first-order valence-electron chi connectivity index (χ1n) is 8.31. The van der Waals surface area contributed by atoms with E-state index in [4.69, 9.17) is 12.2 Å². The van der Waals surface area contributed by atoms with E-state index in [1.165, 1.54) is 5.56 Å². The van der Waals surface area contributed by atoms with E-state index < -0.39 is 0 Å². The van der Waals surface area contributed by atoms with Gasteiger partial charge in [-0.2, -0.15) is 4.98 Å². The molecule has 24 heavy (non-hydrogen) atoms. The Morgan fingerprint density at radius 1 is 1.21 bits per heavy atom. The molecule has 1 aromatic carbocycles. The van der Waals surface area contributed by atoms with Gasteiger partial charge in [0.1, 0.15) is 0 Å². The molecule has 1 amide bonds. The lowest BCUT2D eigenvalue weighted by atomic mass is 10.1.